The molecule has 41 heteroatoms. The van der Waals surface area contributed by atoms with Gasteiger partial charge >= 0.3 is 11.9 Å². The summed E-state index contributed by atoms with van der Waals surface area (Å²) in [7, 11) is 4.26. The van der Waals surface area contributed by atoms with Crippen LogP contribution in [0.25, 0.3) is 21.8 Å². The second-order valence-corrected chi connectivity index (χ2v) is 35.3. The Balaban J connectivity index is 1.09. The summed E-state index contributed by atoms with van der Waals surface area (Å²) in [5.41, 5.74) is 27.2. The fraction of sp³-hybridized carbons (Fsp3) is 0.576. The van der Waals surface area contributed by atoms with Crippen LogP contribution in [-0.2, 0) is 107 Å². The van der Waals surface area contributed by atoms with Crippen molar-refractivity contribution in [1.29, 1.82) is 0 Å². The highest BCUT2D eigenvalue weighted by Crippen LogP contribution is 2.30. The fourth-order valence-electron chi connectivity index (χ4n) is 17.8. The van der Waals surface area contributed by atoms with E-state index >= 15 is 38.4 Å². The number of carbonyl (C=O) groups excluding carboxylic acids is 15. The Hall–Kier alpha value is -12.6. The SMILES string of the molecule is CCCCC[C@H]1C(=O)N[C@@H](CC(C)C)C(=O)NCCC[C@@H](N)C(=O)N[C@@H](Cc2ccc(OC)cc2)C(=O)N2CCCC[C@H]2C(=O)N[C@@H](CC(N)=O)C(=O)N2CCC[C@H]2C(=O)N[C@@H](CN)C(=O)N[C@@H](CCC(=O)O)C(=O)N2C[C@H](O)C[C@H]2C(=O)N[C@@H](Cc2c[nH]c3ccccc23)C(=O)N[C@@H](CCN)C(=O)N[C@@H](Cc2cn(CC(=O)O)c3ccccc23)C(=O)N(C)[C@@H](CCCC)C(=O)N1C. The number of aliphatic hydroxyl groups is 1. The number of H-pyrrole nitrogens is 1. The number of aliphatic hydroxyl groups excluding tert-OH is 1. The summed E-state index contributed by atoms with van der Waals surface area (Å²) in [6.07, 6.45) is 1.81. The minimum Gasteiger partial charge on any atom is -0.497 e. The Labute approximate surface area is 771 Å². The number of carboxylic acids is 2. The second kappa shape index (κ2) is 49.7. The lowest BCUT2D eigenvalue weighted by atomic mass is 9.97. The molecule has 15 atom stereocenters. The van der Waals surface area contributed by atoms with Crippen molar-refractivity contribution in [3.63, 3.8) is 0 Å². The molecule has 21 N–H and O–H groups in total. The quantitative estimate of drug-likeness (QED) is 0.0302. The van der Waals surface area contributed by atoms with Gasteiger partial charge in [-0.05, 0) is 130 Å². The number of primary amides is 1. The maximum atomic E-state index is 15.9. The van der Waals surface area contributed by atoms with Crippen LogP contribution in [0.4, 0.5) is 0 Å². The lowest BCUT2D eigenvalue weighted by molar-refractivity contribution is -0.149. The zero-order chi connectivity index (χ0) is 97.0. The number of carbonyl (C=O) groups is 17. The molecule has 5 aromatic rings. The lowest BCUT2D eigenvalue weighted by Gasteiger charge is -2.38. The first-order valence-electron chi connectivity index (χ1n) is 46.0. The van der Waals surface area contributed by atoms with Crippen LogP contribution in [0.2, 0.25) is 0 Å². The van der Waals surface area contributed by atoms with E-state index in [1.165, 1.54) is 46.7 Å². The summed E-state index contributed by atoms with van der Waals surface area (Å²) in [4.78, 5) is 257. The van der Waals surface area contributed by atoms with E-state index in [0.29, 0.717) is 89.2 Å². The third-order valence-electron chi connectivity index (χ3n) is 25.0. The van der Waals surface area contributed by atoms with E-state index in [1.807, 2.05) is 27.7 Å². The minimum atomic E-state index is -1.83. The standard InChI is InChI=1S/C92H132N20O21/c1-8-10-12-27-71-84(124)101-64(41-52(3)4)80(120)97-38-19-23-60(95)79(119)103-66(42-53-30-32-57(133-7)33-31-53)90(130)110-39-18-17-28-72(110)85(125)105-68(46-76(96)114)91(131)111-40-20-29-73(111)86(126)106-69(47-94)83(123)100-63(34-35-77(115)116)89(129)112-50-56(113)45-75(112)87(127)102-65(43-54-48-98-61-24-15-13-21-58(54)61)82(122)99-62(36-37-93)81(121)104-67(88(128)108(6)74(25-11-9-2)92(132)107(71)5)44-55-49-109(51-78(117)118)70-26-16-14-22-59(55)70/h13-16,21-22,24,26,30-33,48-49,52,56,60,62-69,71-75,98,113H,8-12,17-20,23,25,27-29,34-47,50-51,93-95H2,1-7H3,(H2,96,114)(H,97,120)(H,99,122)(H,100,123)(H,101,124)(H,102,127)(H,103,119)(H,104,121)(H,105,125)(H,106,126)(H,115,116)(H,117,118)/t56-,60-,62+,63+,64+,65+,66+,67+,68+,69+,71+,72+,73+,74+,75+/m1/s1. The maximum Gasteiger partial charge on any atom is 0.323 e. The average molecular weight is 1850 g/mol. The van der Waals surface area contributed by atoms with Gasteiger partial charge in [0.15, 0.2) is 0 Å². The van der Waals surface area contributed by atoms with Crippen molar-refractivity contribution in [1.82, 2.24) is 81.9 Å². The molecule has 0 saturated carbocycles. The first-order chi connectivity index (χ1) is 63.5. The number of amides is 15. The third-order valence-corrected chi connectivity index (χ3v) is 25.0. The number of nitrogens with one attached hydrogen (secondary N) is 10. The summed E-state index contributed by atoms with van der Waals surface area (Å²) in [6.45, 7) is 5.28. The molecular weight excluding hydrogens is 1720 g/mol. The van der Waals surface area contributed by atoms with Gasteiger partial charge in [0.05, 0.1) is 25.7 Å². The number of methoxy groups -OCH3 is 1. The van der Waals surface area contributed by atoms with Crippen molar-refractivity contribution in [3.05, 3.63) is 102 Å². The summed E-state index contributed by atoms with van der Waals surface area (Å²) in [6, 6.07) is -0.645. The molecule has 3 aromatic carbocycles. The van der Waals surface area contributed by atoms with Gasteiger partial charge in [0.25, 0.3) is 0 Å². The highest BCUT2D eigenvalue weighted by atomic mass is 16.5. The van der Waals surface area contributed by atoms with Crippen LogP contribution in [0, 0.1) is 5.92 Å². The van der Waals surface area contributed by atoms with Crippen LogP contribution in [0.5, 0.6) is 5.75 Å². The predicted molar refractivity (Wildman–Crippen MR) is 488 cm³/mol. The molecule has 0 aliphatic carbocycles. The number of likely N-dealkylation sites (N-methyl/N-ethyl adjacent to an activating group) is 2. The van der Waals surface area contributed by atoms with Crippen molar-refractivity contribution in [2.45, 2.75) is 273 Å². The molecule has 0 spiro atoms. The Morgan fingerprint density at radius 1 is 0.511 bits per heavy atom. The number of hydrogen-bond donors (Lipinski definition) is 17. The van der Waals surface area contributed by atoms with Crippen molar-refractivity contribution in [3.8, 4) is 5.75 Å². The fourth-order valence-corrected chi connectivity index (χ4v) is 17.8. The molecule has 4 saturated heterocycles. The van der Waals surface area contributed by atoms with Gasteiger partial charge in [-0.3, -0.25) is 81.5 Å². The van der Waals surface area contributed by atoms with Crippen LogP contribution in [0.1, 0.15) is 173 Å². The topological polar surface area (TPSA) is 609 Å². The van der Waals surface area contributed by atoms with Gasteiger partial charge in [0.1, 0.15) is 90.8 Å². The Morgan fingerprint density at radius 3 is 1.72 bits per heavy atom. The molecule has 15 amide bonds. The van der Waals surface area contributed by atoms with Gasteiger partial charge in [-0.1, -0.05) is 108 Å². The number of carboxylic acid groups (broad SMARTS) is 2. The molecular formula is C92H132N20O21. The number of aromatic amines is 1. The number of hydrogen-bond acceptors (Lipinski definition) is 22. The van der Waals surface area contributed by atoms with E-state index in [1.54, 1.807) is 79.0 Å². The molecule has 2 aromatic heterocycles. The molecule has 0 unspecified atom stereocenters. The first-order valence-corrected chi connectivity index (χ1v) is 46.0. The largest absolute Gasteiger partial charge is 0.497 e. The molecule has 0 bridgehead atoms. The number of benzene rings is 3. The van der Waals surface area contributed by atoms with Crippen LogP contribution >= 0.6 is 0 Å². The van der Waals surface area contributed by atoms with Crippen molar-refractivity contribution >= 4 is 122 Å². The molecule has 6 heterocycles. The summed E-state index contributed by atoms with van der Waals surface area (Å²) >= 11 is 0. The number of rotatable bonds is 26. The van der Waals surface area contributed by atoms with Crippen LogP contribution in [0.3, 0.4) is 0 Å². The molecule has 4 aliphatic rings. The number of aliphatic carboxylic acids is 2. The van der Waals surface area contributed by atoms with Gasteiger partial charge < -0.3 is 125 Å². The molecule has 726 valence electrons. The van der Waals surface area contributed by atoms with Gasteiger partial charge in [-0.25, -0.2) is 0 Å². The smallest absolute Gasteiger partial charge is 0.323 e. The Kier molecular flexibility index (Phi) is 38.9. The molecule has 0 radical (unpaired) electrons. The number of aromatic nitrogens is 2. The number of unbranched alkanes of at least 4 members (excludes halogenated alkanes) is 3. The lowest BCUT2D eigenvalue weighted by Crippen LogP contribution is -2.62. The summed E-state index contributed by atoms with van der Waals surface area (Å²) < 4.78 is 6.83. The number of ether oxygens (including phenoxy) is 1. The van der Waals surface area contributed by atoms with Crippen LogP contribution < -0.4 is 75.5 Å². The number of para-hydroxylation sites is 2. The number of nitrogens with two attached hydrogens (primary N) is 4. The van der Waals surface area contributed by atoms with Crippen LogP contribution in [-0.4, -0.2) is 301 Å². The average Bonchev–Trinajstić information content (AvgIpc) is 1.60. The van der Waals surface area contributed by atoms with Crippen molar-refractivity contribution in [2.75, 3.05) is 60.5 Å². The summed E-state index contributed by atoms with van der Waals surface area (Å²) in [5.74, 6) is -15.8. The first kappa shape index (κ1) is 104. The normalized spacial score (nSPS) is 25.5. The van der Waals surface area contributed by atoms with E-state index in [9.17, 15) is 58.5 Å². The van der Waals surface area contributed by atoms with Gasteiger partial charge in [0, 0.05) is 113 Å². The number of piperidine rings is 1. The number of fused-ring (bicyclic) bond motifs is 5. The van der Waals surface area contributed by atoms with E-state index in [4.69, 9.17) is 27.7 Å². The van der Waals surface area contributed by atoms with Crippen molar-refractivity contribution in [2.24, 2.45) is 28.9 Å². The highest BCUT2D eigenvalue weighted by molar-refractivity contribution is 6.02. The van der Waals surface area contributed by atoms with Gasteiger partial charge in [-0.15, -0.1) is 0 Å². The monoisotopic (exact) mass is 1850 g/mol. The molecule has 41 nitrogen and oxygen atoms in total. The third kappa shape index (κ3) is 28.2. The minimum absolute atomic E-state index is 0.0121. The molecule has 4 fully saturated rings. The number of nitrogens with zero attached hydrogens (tertiary/aromatic N) is 6. The highest BCUT2D eigenvalue weighted by Gasteiger charge is 2.47. The zero-order valence-corrected chi connectivity index (χ0v) is 76.7. The summed E-state index contributed by atoms with van der Waals surface area (Å²) in [5, 5.41) is 57.1. The maximum absolute atomic E-state index is 15.9. The van der Waals surface area contributed by atoms with E-state index in [-0.39, 0.29) is 109 Å². The van der Waals surface area contributed by atoms with E-state index in [0.717, 1.165) is 9.80 Å². The Morgan fingerprint density at radius 2 is 1.07 bits per heavy atom. The van der Waals surface area contributed by atoms with Crippen molar-refractivity contribution < 1.29 is 102 Å². The Bertz CT molecular complexity index is 4960. The molecule has 133 heavy (non-hydrogen) atoms. The van der Waals surface area contributed by atoms with E-state index in [2.05, 4.69) is 52.8 Å². The molecule has 9 rings (SSSR count). The van der Waals surface area contributed by atoms with Crippen LogP contribution in [0.15, 0.2) is 85.2 Å². The van der Waals surface area contributed by atoms with Gasteiger partial charge in [-0.2, -0.15) is 0 Å². The van der Waals surface area contributed by atoms with E-state index < -0.39 is 237 Å². The zero-order valence-electron chi connectivity index (χ0n) is 76.7. The predicted octanol–water partition coefficient (Wildman–Crippen LogP) is -0.788. The second-order valence-electron chi connectivity index (χ2n) is 35.3. The van der Waals surface area contributed by atoms with Gasteiger partial charge in [0.2, 0.25) is 88.6 Å². The molecule has 4 aliphatic heterocycles.